The minimum absolute atomic E-state index is 0.0951. The Morgan fingerprint density at radius 3 is 1.55 bits per heavy atom. The fourth-order valence-corrected chi connectivity index (χ4v) is 7.41. The third-order valence-corrected chi connectivity index (χ3v) is 9.11. The molecule has 7 rings (SSSR count). The Hall–Kier alpha value is -3.70. The minimum Gasteiger partial charge on any atom is -0.285 e. The molecule has 12 heteroatoms. The van der Waals surface area contributed by atoms with Crippen LogP contribution in [0.25, 0.3) is 11.1 Å². The van der Waals surface area contributed by atoms with Gasteiger partial charge in [0.1, 0.15) is 0 Å². The van der Waals surface area contributed by atoms with Crippen molar-refractivity contribution in [3.05, 3.63) is 53.1 Å². The zero-order chi connectivity index (χ0) is 29.0. The van der Waals surface area contributed by atoms with E-state index in [9.17, 15) is 45.5 Å². The number of hydrogen-bond acceptors (Lipinski definition) is 4. The van der Waals surface area contributed by atoms with E-state index in [1.807, 2.05) is 0 Å². The van der Waals surface area contributed by atoms with Crippen LogP contribution in [0.15, 0.2) is 36.4 Å². The summed E-state index contributed by atoms with van der Waals surface area (Å²) >= 11 is 0. The summed E-state index contributed by atoms with van der Waals surface area (Å²) in [6.07, 6.45) is -8.98. The molecule has 4 amide bonds. The van der Waals surface area contributed by atoms with E-state index >= 15 is 0 Å². The highest BCUT2D eigenvalue weighted by Crippen LogP contribution is 2.61. The van der Waals surface area contributed by atoms with Crippen LogP contribution in [0.2, 0.25) is 0 Å². The Morgan fingerprint density at radius 2 is 1.07 bits per heavy atom. The number of rotatable bonds is 2. The first kappa shape index (κ1) is 26.5. The van der Waals surface area contributed by atoms with Gasteiger partial charge in [-0.1, -0.05) is 18.2 Å². The average molecular weight is 564 g/mol. The zero-order valence-corrected chi connectivity index (χ0v) is 21.1. The predicted octanol–water partition coefficient (Wildman–Crippen LogP) is 5.08. The van der Waals surface area contributed by atoms with E-state index in [4.69, 9.17) is 0 Å². The van der Waals surface area contributed by atoms with Crippen LogP contribution >= 0.6 is 0 Å². The van der Waals surface area contributed by atoms with Gasteiger partial charge in [0, 0.05) is 7.05 Å². The average Bonchev–Trinajstić information content (AvgIpc) is 3.30. The molecule has 0 spiro atoms. The summed E-state index contributed by atoms with van der Waals surface area (Å²) in [7, 11) is 1.34. The van der Waals surface area contributed by atoms with Gasteiger partial charge in [0.05, 0.1) is 40.5 Å². The standard InChI is InChI=1S/C28H22F6N2O4/c1-11-3-4-12(9-16(11)27(29,30)31)13-5-8-18(17(10-13)28(32,33)34)36-25(39)21-14-6-7-15(22(21)26(36)40)20-19(14)23(37)35(2)24(20)38/h3-5,8-10,14-15,19-22H,6-7H2,1-2H3. The number of imide groups is 2. The molecule has 0 aromatic heterocycles. The van der Waals surface area contributed by atoms with E-state index in [0.717, 1.165) is 29.2 Å². The number of carbonyl (C=O) groups excluding carboxylic acids is 4. The molecule has 40 heavy (non-hydrogen) atoms. The molecular weight excluding hydrogens is 542 g/mol. The van der Waals surface area contributed by atoms with Crippen molar-refractivity contribution < 1.29 is 45.5 Å². The molecule has 3 saturated carbocycles. The van der Waals surface area contributed by atoms with Gasteiger partial charge in [0.2, 0.25) is 23.6 Å². The van der Waals surface area contributed by atoms with Crippen LogP contribution < -0.4 is 4.90 Å². The molecule has 2 aromatic rings. The Labute approximate surface area is 223 Å². The van der Waals surface area contributed by atoms with Crippen molar-refractivity contribution >= 4 is 29.3 Å². The molecule has 2 bridgehead atoms. The summed E-state index contributed by atoms with van der Waals surface area (Å²) in [4.78, 5) is 54.4. The quantitative estimate of drug-likeness (QED) is 0.377. The summed E-state index contributed by atoms with van der Waals surface area (Å²) in [6, 6.07) is 5.88. The number of hydrogen-bond donors (Lipinski definition) is 0. The highest BCUT2D eigenvalue weighted by Gasteiger charge is 2.69. The molecule has 2 heterocycles. The topological polar surface area (TPSA) is 74.8 Å². The van der Waals surface area contributed by atoms with Gasteiger partial charge in [-0.2, -0.15) is 26.3 Å². The maximum Gasteiger partial charge on any atom is 0.418 e. The maximum absolute atomic E-state index is 14.3. The largest absolute Gasteiger partial charge is 0.418 e. The third-order valence-electron chi connectivity index (χ3n) is 9.11. The highest BCUT2D eigenvalue weighted by atomic mass is 19.4. The highest BCUT2D eigenvalue weighted by molar-refractivity contribution is 6.23. The fraction of sp³-hybridized carbons (Fsp3) is 0.429. The zero-order valence-electron chi connectivity index (χ0n) is 21.1. The fourth-order valence-electron chi connectivity index (χ4n) is 7.41. The van der Waals surface area contributed by atoms with Gasteiger partial charge in [0.25, 0.3) is 0 Å². The smallest absolute Gasteiger partial charge is 0.285 e. The summed E-state index contributed by atoms with van der Waals surface area (Å²) in [5.74, 6) is -7.53. The monoisotopic (exact) mass is 564 g/mol. The molecule has 5 aliphatic rings. The molecule has 0 N–H and O–H groups in total. The molecule has 6 nitrogen and oxygen atoms in total. The number of anilines is 1. The molecule has 2 saturated heterocycles. The van der Waals surface area contributed by atoms with Crippen molar-refractivity contribution in [2.24, 2.45) is 35.5 Å². The van der Waals surface area contributed by atoms with E-state index in [1.165, 1.54) is 20.0 Å². The van der Waals surface area contributed by atoms with Crippen LogP contribution in [0.1, 0.15) is 29.5 Å². The van der Waals surface area contributed by atoms with E-state index in [1.54, 1.807) is 0 Å². The van der Waals surface area contributed by atoms with Crippen LogP contribution in [-0.2, 0) is 31.5 Å². The van der Waals surface area contributed by atoms with Crippen LogP contribution in [-0.4, -0.2) is 35.6 Å². The van der Waals surface area contributed by atoms with Crippen LogP contribution in [0.5, 0.6) is 0 Å². The molecule has 2 aromatic carbocycles. The predicted molar refractivity (Wildman–Crippen MR) is 127 cm³/mol. The Kier molecular flexibility index (Phi) is 5.57. The second kappa shape index (κ2) is 8.40. The van der Waals surface area contributed by atoms with E-state index < -0.39 is 88.3 Å². The molecule has 0 radical (unpaired) electrons. The normalized spacial score (nSPS) is 29.9. The molecule has 2 aliphatic heterocycles. The lowest BCUT2D eigenvalue weighted by atomic mass is 9.51. The number of fused-ring (bicyclic) bond motifs is 1. The van der Waals surface area contributed by atoms with Crippen LogP contribution in [0.3, 0.4) is 0 Å². The van der Waals surface area contributed by atoms with Gasteiger partial charge < -0.3 is 0 Å². The second-order valence-corrected chi connectivity index (χ2v) is 11.0. The lowest BCUT2D eigenvalue weighted by Gasteiger charge is -2.48. The summed E-state index contributed by atoms with van der Waals surface area (Å²) < 4.78 is 83.3. The number of aryl methyl sites for hydroxylation is 1. The summed E-state index contributed by atoms with van der Waals surface area (Å²) in [5, 5.41) is 0. The first-order chi connectivity index (χ1) is 18.6. The van der Waals surface area contributed by atoms with Crippen molar-refractivity contribution in [1.29, 1.82) is 0 Å². The van der Waals surface area contributed by atoms with Crippen molar-refractivity contribution in [2.75, 3.05) is 11.9 Å². The van der Waals surface area contributed by atoms with E-state index in [-0.39, 0.29) is 16.7 Å². The number of amides is 4. The number of likely N-dealkylation sites (tertiary alicyclic amines) is 1. The lowest BCUT2D eigenvalue weighted by molar-refractivity contribution is -0.148. The van der Waals surface area contributed by atoms with Gasteiger partial charge in [-0.3, -0.25) is 24.1 Å². The summed E-state index contributed by atoms with van der Waals surface area (Å²) in [5.41, 5.74) is -3.45. The Morgan fingerprint density at radius 1 is 0.650 bits per heavy atom. The SMILES string of the molecule is Cc1ccc(-c2ccc(N3C(=O)C4C5CCC(C6C(=O)N(C)C(=O)C56)C4C3=O)c(C(F)(F)F)c2)cc1C(F)(F)F. The molecule has 6 unspecified atom stereocenters. The van der Waals surface area contributed by atoms with Gasteiger partial charge in [-0.15, -0.1) is 0 Å². The number of alkyl halides is 6. The van der Waals surface area contributed by atoms with E-state index in [2.05, 4.69) is 0 Å². The van der Waals surface area contributed by atoms with Crippen LogP contribution in [0, 0.1) is 42.4 Å². The van der Waals surface area contributed by atoms with Gasteiger partial charge in [-0.25, -0.2) is 4.90 Å². The van der Waals surface area contributed by atoms with Crippen molar-refractivity contribution in [2.45, 2.75) is 32.1 Å². The van der Waals surface area contributed by atoms with Crippen LogP contribution in [0.4, 0.5) is 32.0 Å². The van der Waals surface area contributed by atoms with Crippen molar-refractivity contribution in [3.8, 4) is 11.1 Å². The number of carbonyl (C=O) groups is 4. The van der Waals surface area contributed by atoms with E-state index in [0.29, 0.717) is 23.8 Å². The lowest BCUT2D eigenvalue weighted by Crippen LogP contribution is -2.53. The molecule has 210 valence electrons. The molecular formula is C28H22F6N2O4. The Bertz CT molecular complexity index is 1450. The number of nitrogens with zero attached hydrogens (tertiary/aromatic N) is 2. The first-order valence-corrected chi connectivity index (χ1v) is 12.7. The summed E-state index contributed by atoms with van der Waals surface area (Å²) in [6.45, 7) is 1.24. The third kappa shape index (κ3) is 3.56. The van der Waals surface area contributed by atoms with Gasteiger partial charge >= 0.3 is 12.4 Å². The minimum atomic E-state index is -5.05. The maximum atomic E-state index is 14.3. The van der Waals surface area contributed by atoms with Crippen molar-refractivity contribution in [1.82, 2.24) is 4.90 Å². The first-order valence-electron chi connectivity index (χ1n) is 12.7. The molecule has 3 aliphatic carbocycles. The second-order valence-electron chi connectivity index (χ2n) is 11.0. The van der Waals surface area contributed by atoms with Crippen molar-refractivity contribution in [3.63, 3.8) is 0 Å². The Balaban J connectivity index is 1.43. The molecule has 6 atom stereocenters. The molecule has 5 fully saturated rings. The van der Waals surface area contributed by atoms with Gasteiger partial charge in [0.15, 0.2) is 0 Å². The van der Waals surface area contributed by atoms with Gasteiger partial charge in [-0.05, 0) is 66.5 Å². The number of halogens is 6. The number of benzene rings is 2.